The van der Waals surface area contributed by atoms with E-state index in [1.54, 1.807) is 6.07 Å². The first kappa shape index (κ1) is 22.0. The van der Waals surface area contributed by atoms with Crippen LogP contribution in [0.5, 0.6) is 0 Å². The van der Waals surface area contributed by atoms with Crippen molar-refractivity contribution in [3.8, 4) is 0 Å². The molecule has 0 atom stereocenters. The van der Waals surface area contributed by atoms with Crippen molar-refractivity contribution in [2.45, 2.75) is 13.5 Å². The van der Waals surface area contributed by atoms with E-state index in [0.717, 1.165) is 5.56 Å². The van der Waals surface area contributed by atoms with E-state index in [0.29, 0.717) is 11.3 Å². The van der Waals surface area contributed by atoms with Gasteiger partial charge in [0.05, 0.1) is 13.1 Å². The fourth-order valence-corrected chi connectivity index (χ4v) is 2.59. The van der Waals surface area contributed by atoms with Gasteiger partial charge in [-0.3, -0.25) is 14.4 Å². The number of benzene rings is 2. The fourth-order valence-electron chi connectivity index (χ4n) is 2.59. The van der Waals surface area contributed by atoms with Crippen LogP contribution in [0.1, 0.15) is 11.1 Å². The first-order valence-electron chi connectivity index (χ1n) is 9.01. The van der Waals surface area contributed by atoms with E-state index in [1.165, 1.54) is 36.3 Å². The number of methoxy groups -OCH3 is 1. The molecule has 2 aromatic carbocycles. The van der Waals surface area contributed by atoms with Gasteiger partial charge < -0.3 is 20.3 Å². The lowest BCUT2D eigenvalue weighted by molar-refractivity contribution is -0.139. The molecular weight excluding hydrogens is 377 g/mol. The van der Waals surface area contributed by atoms with Crippen LogP contribution in [0.25, 0.3) is 0 Å². The molecule has 0 bridgehead atoms. The maximum atomic E-state index is 13.1. The van der Waals surface area contributed by atoms with Gasteiger partial charge in [-0.25, -0.2) is 4.39 Å². The van der Waals surface area contributed by atoms with E-state index in [4.69, 9.17) is 4.74 Å². The van der Waals surface area contributed by atoms with Gasteiger partial charge in [0.2, 0.25) is 17.7 Å². The molecule has 0 aliphatic carbocycles. The third kappa shape index (κ3) is 7.71. The highest BCUT2D eigenvalue weighted by Crippen LogP contribution is 2.09. The highest BCUT2D eigenvalue weighted by Gasteiger charge is 2.18. The van der Waals surface area contributed by atoms with Gasteiger partial charge in [-0.15, -0.1) is 0 Å². The number of halogens is 1. The number of rotatable bonds is 9. The third-order valence-electron chi connectivity index (χ3n) is 3.99. The normalized spacial score (nSPS) is 10.3. The molecule has 0 spiro atoms. The molecule has 0 fully saturated rings. The molecule has 2 aromatic rings. The van der Waals surface area contributed by atoms with Crippen LogP contribution in [0.3, 0.4) is 0 Å². The molecular formula is C21H24FN3O4. The van der Waals surface area contributed by atoms with Crippen LogP contribution in [0.4, 0.5) is 10.1 Å². The molecule has 29 heavy (non-hydrogen) atoms. The summed E-state index contributed by atoms with van der Waals surface area (Å²) in [6.07, 6.45) is 0. The molecule has 0 aliphatic heterocycles. The van der Waals surface area contributed by atoms with E-state index in [-0.39, 0.29) is 38.0 Å². The summed E-state index contributed by atoms with van der Waals surface area (Å²) in [5.41, 5.74) is 2.30. The van der Waals surface area contributed by atoms with Crippen molar-refractivity contribution >= 4 is 23.4 Å². The Kier molecular flexibility index (Phi) is 8.29. The monoisotopic (exact) mass is 401 g/mol. The Morgan fingerprint density at radius 1 is 1.07 bits per heavy atom. The van der Waals surface area contributed by atoms with Crippen LogP contribution in [0.15, 0.2) is 48.5 Å². The number of hydrogen-bond donors (Lipinski definition) is 2. The van der Waals surface area contributed by atoms with Gasteiger partial charge in [0.25, 0.3) is 0 Å². The lowest BCUT2D eigenvalue weighted by atomic mass is 10.2. The first-order chi connectivity index (χ1) is 13.9. The molecule has 2 N–H and O–H groups in total. The standard InChI is InChI=1S/C21H24FN3O4/c1-15-4-3-5-18(10-15)24-19(26)11-23-20(27)13-25(21(28)14-29-2)12-16-6-8-17(22)9-7-16/h3-10H,11-14H2,1-2H3,(H,23,27)(H,24,26). The van der Waals surface area contributed by atoms with Crippen molar-refractivity contribution in [2.75, 3.05) is 32.1 Å². The van der Waals surface area contributed by atoms with Crippen molar-refractivity contribution in [1.82, 2.24) is 10.2 Å². The zero-order chi connectivity index (χ0) is 21.2. The average Bonchev–Trinajstić information content (AvgIpc) is 2.68. The van der Waals surface area contributed by atoms with E-state index in [2.05, 4.69) is 10.6 Å². The van der Waals surface area contributed by atoms with Crippen LogP contribution >= 0.6 is 0 Å². The van der Waals surface area contributed by atoms with Crippen molar-refractivity contribution in [3.05, 3.63) is 65.5 Å². The van der Waals surface area contributed by atoms with E-state index in [9.17, 15) is 18.8 Å². The molecule has 7 nitrogen and oxygen atoms in total. The predicted octanol–water partition coefficient (Wildman–Crippen LogP) is 1.86. The molecule has 8 heteroatoms. The topological polar surface area (TPSA) is 87.7 Å². The second-order valence-corrected chi connectivity index (χ2v) is 6.50. The summed E-state index contributed by atoms with van der Waals surface area (Å²) in [6.45, 7) is 1.35. The van der Waals surface area contributed by atoms with Crippen LogP contribution in [0, 0.1) is 12.7 Å². The first-order valence-corrected chi connectivity index (χ1v) is 9.01. The van der Waals surface area contributed by atoms with Crippen molar-refractivity contribution in [2.24, 2.45) is 0 Å². The lowest BCUT2D eigenvalue weighted by Gasteiger charge is -2.22. The Hall–Kier alpha value is -3.26. The summed E-state index contributed by atoms with van der Waals surface area (Å²) in [5.74, 6) is -1.65. The average molecular weight is 401 g/mol. The highest BCUT2D eigenvalue weighted by molar-refractivity contribution is 5.95. The smallest absolute Gasteiger partial charge is 0.249 e. The van der Waals surface area contributed by atoms with Gasteiger partial charge in [0.15, 0.2) is 0 Å². The van der Waals surface area contributed by atoms with Gasteiger partial charge >= 0.3 is 0 Å². The maximum absolute atomic E-state index is 13.1. The zero-order valence-electron chi connectivity index (χ0n) is 16.4. The second-order valence-electron chi connectivity index (χ2n) is 6.50. The van der Waals surface area contributed by atoms with Gasteiger partial charge in [-0.1, -0.05) is 24.3 Å². The van der Waals surface area contributed by atoms with Crippen LogP contribution in [-0.4, -0.2) is 49.4 Å². The Labute approximate surface area is 168 Å². The van der Waals surface area contributed by atoms with Gasteiger partial charge in [0.1, 0.15) is 12.4 Å². The molecule has 0 radical (unpaired) electrons. The third-order valence-corrected chi connectivity index (χ3v) is 3.99. The molecule has 0 unspecified atom stereocenters. The molecule has 0 aliphatic rings. The number of nitrogens with zero attached hydrogens (tertiary/aromatic N) is 1. The molecule has 154 valence electrons. The van der Waals surface area contributed by atoms with E-state index >= 15 is 0 Å². The number of anilines is 1. The molecule has 2 rings (SSSR count). The molecule has 3 amide bonds. The lowest BCUT2D eigenvalue weighted by Crippen LogP contribution is -2.43. The maximum Gasteiger partial charge on any atom is 0.249 e. The Balaban J connectivity index is 1.89. The number of amides is 3. The number of ether oxygens (including phenoxy) is 1. The Bertz CT molecular complexity index is 855. The molecule has 0 saturated heterocycles. The van der Waals surface area contributed by atoms with Crippen molar-refractivity contribution in [1.29, 1.82) is 0 Å². The van der Waals surface area contributed by atoms with Crippen molar-refractivity contribution in [3.63, 3.8) is 0 Å². The van der Waals surface area contributed by atoms with Crippen LogP contribution in [0.2, 0.25) is 0 Å². The zero-order valence-corrected chi connectivity index (χ0v) is 16.4. The van der Waals surface area contributed by atoms with E-state index in [1.807, 2.05) is 25.1 Å². The van der Waals surface area contributed by atoms with E-state index < -0.39 is 11.8 Å². The number of carbonyl (C=O) groups excluding carboxylic acids is 3. The molecule has 0 heterocycles. The molecule has 0 aromatic heterocycles. The van der Waals surface area contributed by atoms with Crippen molar-refractivity contribution < 1.29 is 23.5 Å². The molecule has 0 saturated carbocycles. The summed E-state index contributed by atoms with van der Waals surface area (Å²) < 4.78 is 17.9. The minimum Gasteiger partial charge on any atom is -0.375 e. The summed E-state index contributed by atoms with van der Waals surface area (Å²) in [4.78, 5) is 37.8. The number of nitrogens with one attached hydrogen (secondary N) is 2. The fraction of sp³-hybridized carbons (Fsp3) is 0.286. The SMILES string of the molecule is COCC(=O)N(CC(=O)NCC(=O)Nc1cccc(C)c1)Cc1ccc(F)cc1. The van der Waals surface area contributed by atoms with Gasteiger partial charge in [-0.2, -0.15) is 0 Å². The van der Waals surface area contributed by atoms with Gasteiger partial charge in [0, 0.05) is 19.3 Å². The largest absolute Gasteiger partial charge is 0.375 e. The summed E-state index contributed by atoms with van der Waals surface area (Å²) >= 11 is 0. The second kappa shape index (κ2) is 10.9. The predicted molar refractivity (Wildman–Crippen MR) is 107 cm³/mol. The summed E-state index contributed by atoms with van der Waals surface area (Å²) in [6, 6.07) is 12.9. The Morgan fingerprint density at radius 3 is 2.45 bits per heavy atom. The number of hydrogen-bond acceptors (Lipinski definition) is 4. The minimum absolute atomic E-state index is 0.116. The van der Waals surface area contributed by atoms with Crippen LogP contribution in [-0.2, 0) is 25.7 Å². The summed E-state index contributed by atoms with van der Waals surface area (Å²) in [7, 11) is 1.38. The Morgan fingerprint density at radius 2 is 1.79 bits per heavy atom. The minimum atomic E-state index is -0.490. The van der Waals surface area contributed by atoms with Gasteiger partial charge in [-0.05, 0) is 42.3 Å². The highest BCUT2D eigenvalue weighted by atomic mass is 19.1. The summed E-state index contributed by atoms with van der Waals surface area (Å²) in [5, 5.41) is 5.18. The number of carbonyl (C=O) groups is 3. The van der Waals surface area contributed by atoms with Crippen LogP contribution < -0.4 is 10.6 Å². The quantitative estimate of drug-likeness (QED) is 0.672. The number of aryl methyl sites for hydroxylation is 1.